The van der Waals surface area contributed by atoms with Gasteiger partial charge in [0.25, 0.3) is 5.91 Å². The molecular formula is C21H20N2O6S. The Hall–Kier alpha value is -3.33. The third-order valence-corrected chi connectivity index (χ3v) is 5.61. The van der Waals surface area contributed by atoms with E-state index < -0.39 is 5.97 Å². The zero-order chi connectivity index (χ0) is 21.1. The minimum atomic E-state index is -0.439. The number of fused-ring (bicyclic) bond motifs is 2. The van der Waals surface area contributed by atoms with Gasteiger partial charge < -0.3 is 23.5 Å². The van der Waals surface area contributed by atoms with Crippen molar-refractivity contribution in [3.05, 3.63) is 46.8 Å². The van der Waals surface area contributed by atoms with E-state index in [-0.39, 0.29) is 18.9 Å². The van der Waals surface area contributed by atoms with Crippen LogP contribution in [0.2, 0.25) is 0 Å². The molecule has 0 atom stereocenters. The fraction of sp³-hybridized carbons (Fsp3) is 0.286. The topological polar surface area (TPSA) is 88.4 Å². The Morgan fingerprint density at radius 1 is 1.13 bits per heavy atom. The number of hydrogen-bond donors (Lipinski definition) is 0. The first-order chi connectivity index (χ1) is 14.6. The molecule has 156 valence electrons. The molecule has 0 aliphatic carbocycles. The number of ether oxygens (including phenoxy) is 4. The highest BCUT2D eigenvalue weighted by molar-refractivity contribution is 7.16. The van der Waals surface area contributed by atoms with Crippen LogP contribution in [-0.4, -0.2) is 43.9 Å². The highest BCUT2D eigenvalue weighted by Gasteiger charge is 2.18. The van der Waals surface area contributed by atoms with E-state index in [9.17, 15) is 9.59 Å². The van der Waals surface area contributed by atoms with Gasteiger partial charge in [0.05, 0.1) is 30.9 Å². The molecule has 1 amide bonds. The summed E-state index contributed by atoms with van der Waals surface area (Å²) in [4.78, 5) is 29.3. The van der Waals surface area contributed by atoms with Crippen LogP contribution >= 0.6 is 11.3 Å². The zero-order valence-corrected chi connectivity index (χ0v) is 17.4. The Balaban J connectivity index is 1.74. The van der Waals surface area contributed by atoms with Crippen molar-refractivity contribution in [1.82, 2.24) is 4.57 Å². The predicted octanol–water partition coefficient (Wildman–Crippen LogP) is 2.33. The average molecular weight is 428 g/mol. The maximum Gasteiger partial charge on any atom is 0.325 e. The van der Waals surface area contributed by atoms with E-state index in [1.54, 1.807) is 23.8 Å². The molecule has 0 N–H and O–H groups in total. The number of rotatable bonds is 5. The SMILES string of the molecule is COC(=O)Cn1c(=NC(=O)Cc2cccc(OC)c2)sc2cc3c(cc21)OCCO3. The number of esters is 1. The van der Waals surface area contributed by atoms with Gasteiger partial charge in [-0.2, -0.15) is 4.99 Å². The van der Waals surface area contributed by atoms with E-state index >= 15 is 0 Å². The van der Waals surface area contributed by atoms with Gasteiger partial charge in [0.1, 0.15) is 25.5 Å². The smallest absolute Gasteiger partial charge is 0.325 e. The van der Waals surface area contributed by atoms with Crippen LogP contribution in [0.4, 0.5) is 0 Å². The Kier molecular flexibility index (Phi) is 5.71. The highest BCUT2D eigenvalue weighted by Crippen LogP contribution is 2.35. The molecule has 8 nitrogen and oxygen atoms in total. The van der Waals surface area contributed by atoms with Crippen LogP contribution in [0.15, 0.2) is 41.4 Å². The third-order valence-electron chi connectivity index (χ3n) is 4.57. The molecule has 2 heterocycles. The predicted molar refractivity (Wildman–Crippen MR) is 110 cm³/mol. The van der Waals surface area contributed by atoms with E-state index in [1.807, 2.05) is 24.3 Å². The van der Waals surface area contributed by atoms with Crippen LogP contribution in [0.1, 0.15) is 5.56 Å². The fourth-order valence-corrected chi connectivity index (χ4v) is 4.20. The molecule has 0 bridgehead atoms. The number of benzene rings is 2. The van der Waals surface area contributed by atoms with Crippen LogP contribution < -0.4 is 19.0 Å². The minimum Gasteiger partial charge on any atom is -0.497 e. The molecule has 0 spiro atoms. The lowest BCUT2D eigenvalue weighted by Crippen LogP contribution is -2.23. The van der Waals surface area contributed by atoms with Crippen molar-refractivity contribution in [2.45, 2.75) is 13.0 Å². The summed E-state index contributed by atoms with van der Waals surface area (Å²) in [5, 5.41) is 0. The molecule has 1 aliphatic rings. The summed E-state index contributed by atoms with van der Waals surface area (Å²) in [6.07, 6.45) is 0.117. The fourth-order valence-electron chi connectivity index (χ4n) is 3.14. The molecule has 0 fully saturated rings. The van der Waals surface area contributed by atoms with Crippen molar-refractivity contribution >= 4 is 33.4 Å². The monoisotopic (exact) mass is 428 g/mol. The molecule has 2 aromatic carbocycles. The first kappa shape index (κ1) is 20.0. The molecule has 1 aliphatic heterocycles. The number of hydrogen-bond acceptors (Lipinski definition) is 7. The van der Waals surface area contributed by atoms with Gasteiger partial charge in [0.2, 0.25) is 0 Å². The van der Waals surface area contributed by atoms with Crippen LogP contribution in [0.3, 0.4) is 0 Å². The second-order valence-electron chi connectivity index (χ2n) is 6.54. The second-order valence-corrected chi connectivity index (χ2v) is 7.55. The van der Waals surface area contributed by atoms with E-state index in [2.05, 4.69) is 4.99 Å². The van der Waals surface area contributed by atoms with Crippen molar-refractivity contribution < 1.29 is 28.5 Å². The number of nitrogens with zero attached hydrogens (tertiary/aromatic N) is 2. The lowest BCUT2D eigenvalue weighted by molar-refractivity contribution is -0.141. The minimum absolute atomic E-state index is 0.0680. The summed E-state index contributed by atoms with van der Waals surface area (Å²) >= 11 is 1.30. The second kappa shape index (κ2) is 8.58. The number of thiazole rings is 1. The molecule has 0 saturated heterocycles. The van der Waals surface area contributed by atoms with Crippen LogP contribution in [0.25, 0.3) is 10.2 Å². The van der Waals surface area contributed by atoms with Gasteiger partial charge >= 0.3 is 5.97 Å². The van der Waals surface area contributed by atoms with E-state index in [1.165, 1.54) is 18.4 Å². The van der Waals surface area contributed by atoms with E-state index in [4.69, 9.17) is 18.9 Å². The van der Waals surface area contributed by atoms with Gasteiger partial charge in [-0.25, -0.2) is 0 Å². The standard InChI is InChI=1S/C21H20N2O6S/c1-26-14-5-3-4-13(8-14)9-19(24)22-21-23(12-20(25)27-2)15-10-16-17(11-18(15)30-21)29-7-6-28-16/h3-5,8,10-11H,6-7,9,12H2,1-2H3. The first-order valence-corrected chi connectivity index (χ1v) is 10.1. The molecule has 3 aromatic rings. The quantitative estimate of drug-likeness (QED) is 0.580. The number of aromatic nitrogens is 1. The number of carbonyl (C=O) groups is 2. The first-order valence-electron chi connectivity index (χ1n) is 9.27. The summed E-state index contributed by atoms with van der Waals surface area (Å²) in [5.74, 6) is 1.14. The van der Waals surface area contributed by atoms with Gasteiger partial charge in [-0.15, -0.1) is 0 Å². The molecule has 4 rings (SSSR count). The summed E-state index contributed by atoms with van der Waals surface area (Å²) in [6.45, 7) is 0.861. The summed E-state index contributed by atoms with van der Waals surface area (Å²) in [7, 11) is 2.90. The lowest BCUT2D eigenvalue weighted by atomic mass is 10.1. The van der Waals surface area contributed by atoms with Crippen LogP contribution in [-0.2, 0) is 27.3 Å². The molecular weight excluding hydrogens is 408 g/mol. The van der Waals surface area contributed by atoms with Gasteiger partial charge in [0.15, 0.2) is 16.3 Å². The largest absolute Gasteiger partial charge is 0.497 e. The van der Waals surface area contributed by atoms with Crippen LogP contribution in [0, 0.1) is 0 Å². The van der Waals surface area contributed by atoms with E-state index in [0.29, 0.717) is 35.3 Å². The van der Waals surface area contributed by atoms with Crippen LogP contribution in [0.5, 0.6) is 17.2 Å². The Bertz CT molecular complexity index is 1180. The van der Waals surface area contributed by atoms with Gasteiger partial charge in [-0.1, -0.05) is 23.5 Å². The normalized spacial score (nSPS) is 13.3. The number of methoxy groups -OCH3 is 2. The average Bonchev–Trinajstić information content (AvgIpc) is 3.07. The maximum atomic E-state index is 12.6. The molecule has 9 heteroatoms. The van der Waals surface area contributed by atoms with Crippen molar-refractivity contribution in [2.75, 3.05) is 27.4 Å². The number of amides is 1. The van der Waals surface area contributed by atoms with Crippen molar-refractivity contribution in [3.63, 3.8) is 0 Å². The molecule has 0 unspecified atom stereocenters. The van der Waals surface area contributed by atoms with Crippen molar-refractivity contribution in [3.8, 4) is 17.2 Å². The molecule has 0 radical (unpaired) electrons. The summed E-state index contributed by atoms with van der Waals surface area (Å²) < 4.78 is 23.8. The summed E-state index contributed by atoms with van der Waals surface area (Å²) in [6, 6.07) is 10.9. The number of carbonyl (C=O) groups excluding carboxylic acids is 2. The Labute approximate surface area is 176 Å². The Morgan fingerprint density at radius 3 is 2.63 bits per heavy atom. The zero-order valence-electron chi connectivity index (χ0n) is 16.5. The van der Waals surface area contributed by atoms with Crippen molar-refractivity contribution in [2.24, 2.45) is 4.99 Å². The Morgan fingerprint density at radius 2 is 1.90 bits per heavy atom. The maximum absolute atomic E-state index is 12.6. The highest BCUT2D eigenvalue weighted by atomic mass is 32.1. The summed E-state index contributed by atoms with van der Waals surface area (Å²) in [5.41, 5.74) is 1.52. The van der Waals surface area contributed by atoms with Gasteiger partial charge in [-0.05, 0) is 17.7 Å². The molecule has 30 heavy (non-hydrogen) atoms. The van der Waals surface area contributed by atoms with Crippen molar-refractivity contribution in [1.29, 1.82) is 0 Å². The van der Waals surface area contributed by atoms with E-state index in [0.717, 1.165) is 15.8 Å². The van der Waals surface area contributed by atoms with Gasteiger partial charge in [0, 0.05) is 12.1 Å². The third kappa shape index (κ3) is 4.16. The lowest BCUT2D eigenvalue weighted by Gasteiger charge is -2.18. The molecule has 0 saturated carbocycles. The van der Waals surface area contributed by atoms with Gasteiger partial charge in [-0.3, -0.25) is 9.59 Å². The molecule has 1 aromatic heterocycles.